The average Bonchev–Trinajstić information content (AvgIpc) is 2.62. The Morgan fingerprint density at radius 1 is 0.960 bits per heavy atom. The van der Waals surface area contributed by atoms with Crippen LogP contribution in [-0.4, -0.2) is 34.0 Å². The van der Waals surface area contributed by atoms with Gasteiger partial charge in [-0.1, -0.05) is 0 Å². The molecule has 2 aromatic rings. The zero-order chi connectivity index (χ0) is 18.1. The van der Waals surface area contributed by atoms with Crippen LogP contribution >= 0.6 is 15.9 Å². The van der Waals surface area contributed by atoms with E-state index in [1.807, 2.05) is 43.3 Å². The van der Waals surface area contributed by atoms with E-state index in [1.165, 1.54) is 0 Å². The molecule has 0 fully saturated rings. The van der Waals surface area contributed by atoms with Crippen molar-refractivity contribution >= 4 is 15.9 Å². The Bertz CT molecular complexity index is 661. The van der Waals surface area contributed by atoms with Gasteiger partial charge in [0.05, 0.1) is 25.3 Å². The molecule has 0 atom stereocenters. The molecule has 0 aliphatic rings. The molecule has 0 heterocycles. The van der Waals surface area contributed by atoms with Crippen LogP contribution in [0.2, 0.25) is 0 Å². The summed E-state index contributed by atoms with van der Waals surface area (Å²) in [6.07, 6.45) is 0. The second kappa shape index (κ2) is 10.2. The monoisotopic (exact) mass is 409 g/mol. The zero-order valence-corrected chi connectivity index (χ0v) is 16.4. The van der Waals surface area contributed by atoms with Crippen LogP contribution in [-0.2, 0) is 6.54 Å². The molecular weight excluding hydrogens is 386 g/mol. The molecule has 2 rings (SSSR count). The highest BCUT2D eigenvalue weighted by Gasteiger charge is 2.10. The highest BCUT2D eigenvalue weighted by Crippen LogP contribution is 2.36. The van der Waals surface area contributed by atoms with E-state index >= 15 is 0 Å². The van der Waals surface area contributed by atoms with E-state index in [0.717, 1.165) is 33.8 Å². The van der Waals surface area contributed by atoms with Gasteiger partial charge in [-0.3, -0.25) is 0 Å². The van der Waals surface area contributed by atoms with Crippen molar-refractivity contribution in [2.24, 2.45) is 0 Å². The van der Waals surface area contributed by atoms with Crippen molar-refractivity contribution in [3.05, 3.63) is 46.4 Å². The SMILES string of the molecule is CCOc1cc(CNCCOc2ccc(OC)cc2)cc(Br)c1OC. The minimum atomic E-state index is 0.585. The largest absolute Gasteiger partial charge is 0.497 e. The summed E-state index contributed by atoms with van der Waals surface area (Å²) >= 11 is 3.53. The first-order valence-electron chi connectivity index (χ1n) is 8.14. The number of halogens is 1. The van der Waals surface area contributed by atoms with E-state index < -0.39 is 0 Å². The molecule has 0 saturated heterocycles. The molecule has 5 nitrogen and oxygen atoms in total. The molecular formula is C19H24BrNO4. The molecule has 6 heteroatoms. The molecule has 0 aromatic heterocycles. The molecule has 0 bridgehead atoms. The third kappa shape index (κ3) is 5.83. The normalized spacial score (nSPS) is 10.4. The fourth-order valence-corrected chi connectivity index (χ4v) is 2.98. The molecule has 0 radical (unpaired) electrons. The fraction of sp³-hybridized carbons (Fsp3) is 0.368. The third-order valence-corrected chi connectivity index (χ3v) is 4.10. The standard InChI is InChI=1S/C19H24BrNO4/c1-4-24-18-12-14(11-17(20)19(18)23-3)13-21-9-10-25-16-7-5-15(22-2)6-8-16/h5-8,11-12,21H,4,9-10,13H2,1-3H3. The highest BCUT2D eigenvalue weighted by atomic mass is 79.9. The lowest BCUT2D eigenvalue weighted by molar-refractivity contribution is 0.308. The molecule has 0 unspecified atom stereocenters. The lowest BCUT2D eigenvalue weighted by atomic mass is 10.2. The number of nitrogens with one attached hydrogen (secondary N) is 1. The van der Waals surface area contributed by atoms with Crippen LogP contribution in [0.4, 0.5) is 0 Å². The molecule has 136 valence electrons. The van der Waals surface area contributed by atoms with Gasteiger partial charge in [-0.2, -0.15) is 0 Å². The van der Waals surface area contributed by atoms with Gasteiger partial charge in [0.1, 0.15) is 18.1 Å². The van der Waals surface area contributed by atoms with Gasteiger partial charge < -0.3 is 24.3 Å². The second-order valence-corrected chi connectivity index (χ2v) is 6.10. The van der Waals surface area contributed by atoms with Gasteiger partial charge >= 0.3 is 0 Å². The Balaban J connectivity index is 1.80. The molecule has 0 spiro atoms. The maximum absolute atomic E-state index is 5.69. The predicted molar refractivity (Wildman–Crippen MR) is 102 cm³/mol. The number of hydrogen-bond acceptors (Lipinski definition) is 5. The number of methoxy groups -OCH3 is 2. The second-order valence-electron chi connectivity index (χ2n) is 5.24. The van der Waals surface area contributed by atoms with Crippen molar-refractivity contribution < 1.29 is 18.9 Å². The zero-order valence-electron chi connectivity index (χ0n) is 14.8. The van der Waals surface area contributed by atoms with Gasteiger partial charge in [0.25, 0.3) is 0 Å². The van der Waals surface area contributed by atoms with Crippen molar-refractivity contribution in [1.82, 2.24) is 5.32 Å². The summed E-state index contributed by atoms with van der Waals surface area (Å²) in [6, 6.07) is 11.6. The van der Waals surface area contributed by atoms with Gasteiger partial charge in [0, 0.05) is 13.1 Å². The van der Waals surface area contributed by atoms with Gasteiger partial charge in [0.15, 0.2) is 11.5 Å². The summed E-state index contributed by atoms with van der Waals surface area (Å²) in [5, 5.41) is 3.36. The van der Waals surface area contributed by atoms with Crippen molar-refractivity contribution in [2.75, 3.05) is 34.0 Å². The van der Waals surface area contributed by atoms with Crippen LogP contribution in [0.5, 0.6) is 23.0 Å². The Hall–Kier alpha value is -1.92. The average molecular weight is 410 g/mol. The van der Waals surface area contributed by atoms with Crippen LogP contribution in [0, 0.1) is 0 Å². The minimum absolute atomic E-state index is 0.585. The van der Waals surface area contributed by atoms with Crippen LogP contribution < -0.4 is 24.3 Å². The molecule has 0 saturated carbocycles. The maximum atomic E-state index is 5.69. The molecule has 0 aliphatic heterocycles. The maximum Gasteiger partial charge on any atom is 0.174 e. The van der Waals surface area contributed by atoms with Crippen molar-refractivity contribution in [2.45, 2.75) is 13.5 Å². The van der Waals surface area contributed by atoms with E-state index in [0.29, 0.717) is 25.5 Å². The van der Waals surface area contributed by atoms with Crippen LogP contribution in [0.15, 0.2) is 40.9 Å². The molecule has 2 aromatic carbocycles. The summed E-state index contributed by atoms with van der Waals surface area (Å²) in [7, 11) is 3.28. The topological polar surface area (TPSA) is 49.0 Å². The molecule has 25 heavy (non-hydrogen) atoms. The number of hydrogen-bond donors (Lipinski definition) is 1. The van der Waals surface area contributed by atoms with E-state index in [9.17, 15) is 0 Å². The van der Waals surface area contributed by atoms with E-state index in [2.05, 4.69) is 21.2 Å². The van der Waals surface area contributed by atoms with Crippen molar-refractivity contribution in [1.29, 1.82) is 0 Å². The lowest BCUT2D eigenvalue weighted by Crippen LogP contribution is -2.20. The Labute approximate surface area is 157 Å². The minimum Gasteiger partial charge on any atom is -0.497 e. The van der Waals surface area contributed by atoms with Gasteiger partial charge in [-0.25, -0.2) is 0 Å². The highest BCUT2D eigenvalue weighted by molar-refractivity contribution is 9.10. The Morgan fingerprint density at radius 2 is 1.68 bits per heavy atom. The lowest BCUT2D eigenvalue weighted by Gasteiger charge is -2.14. The van der Waals surface area contributed by atoms with Crippen molar-refractivity contribution in [3.8, 4) is 23.0 Å². The quantitative estimate of drug-likeness (QED) is 0.600. The Kier molecular flexibility index (Phi) is 7.88. The van der Waals surface area contributed by atoms with Gasteiger partial charge in [0.2, 0.25) is 0 Å². The van der Waals surface area contributed by atoms with Crippen LogP contribution in [0.3, 0.4) is 0 Å². The summed E-state index contributed by atoms with van der Waals surface area (Å²) in [6.45, 7) is 4.58. The molecule has 1 N–H and O–H groups in total. The van der Waals surface area contributed by atoms with E-state index in [-0.39, 0.29) is 0 Å². The smallest absolute Gasteiger partial charge is 0.174 e. The molecule has 0 aliphatic carbocycles. The first-order valence-corrected chi connectivity index (χ1v) is 8.94. The summed E-state index contributed by atoms with van der Waals surface area (Å²) in [4.78, 5) is 0. The summed E-state index contributed by atoms with van der Waals surface area (Å²) < 4.78 is 22.7. The van der Waals surface area contributed by atoms with E-state index in [1.54, 1.807) is 14.2 Å². The molecule has 0 amide bonds. The number of rotatable bonds is 10. The summed E-state index contributed by atoms with van der Waals surface area (Å²) in [5.74, 6) is 3.10. The number of benzene rings is 2. The van der Waals surface area contributed by atoms with Crippen LogP contribution in [0.25, 0.3) is 0 Å². The number of ether oxygens (including phenoxy) is 4. The van der Waals surface area contributed by atoms with Gasteiger partial charge in [-0.05, 0) is 64.8 Å². The van der Waals surface area contributed by atoms with E-state index in [4.69, 9.17) is 18.9 Å². The first kappa shape index (κ1) is 19.4. The first-order chi connectivity index (χ1) is 12.2. The van der Waals surface area contributed by atoms with Crippen molar-refractivity contribution in [3.63, 3.8) is 0 Å². The Morgan fingerprint density at radius 3 is 2.32 bits per heavy atom. The fourth-order valence-electron chi connectivity index (χ4n) is 2.33. The summed E-state index contributed by atoms with van der Waals surface area (Å²) in [5.41, 5.74) is 1.11. The van der Waals surface area contributed by atoms with Crippen LogP contribution in [0.1, 0.15) is 12.5 Å². The van der Waals surface area contributed by atoms with Gasteiger partial charge in [-0.15, -0.1) is 0 Å². The third-order valence-electron chi connectivity index (χ3n) is 3.51. The predicted octanol–water partition coefficient (Wildman–Crippen LogP) is 4.03.